The molecule has 0 aliphatic rings. The van der Waals surface area contributed by atoms with E-state index < -0.39 is 0 Å². The van der Waals surface area contributed by atoms with Gasteiger partial charge in [0.1, 0.15) is 5.75 Å². The Morgan fingerprint density at radius 2 is 1.90 bits per heavy atom. The molecule has 0 aromatic heterocycles. The Morgan fingerprint density at radius 1 is 1.14 bits per heavy atom. The Morgan fingerprint density at radius 3 is 2.67 bits per heavy atom. The summed E-state index contributed by atoms with van der Waals surface area (Å²) in [5, 5.41) is 5.43. The topological polar surface area (TPSA) is 62.4 Å². The minimum Gasteiger partial charge on any atom is -0.484 e. The third-order valence-electron chi connectivity index (χ3n) is 2.74. The largest absolute Gasteiger partial charge is 0.484 e. The minimum absolute atomic E-state index is 0.0833. The van der Waals surface area contributed by atoms with Gasteiger partial charge in [-0.2, -0.15) is 0 Å². The first-order valence-electron chi connectivity index (χ1n) is 6.63. The lowest BCUT2D eigenvalue weighted by Gasteiger charge is -2.11. The van der Waals surface area contributed by atoms with Gasteiger partial charge in [0.25, 0.3) is 5.91 Å². The zero-order chi connectivity index (χ0) is 15.1. The molecule has 0 fully saturated rings. The van der Waals surface area contributed by atoms with Gasteiger partial charge in [0.05, 0.1) is 0 Å². The Hall–Kier alpha value is -2.34. The van der Waals surface area contributed by atoms with Crippen LogP contribution >= 0.6 is 12.2 Å². The number of carbonyl (C=O) groups excluding carboxylic acids is 1. The van der Waals surface area contributed by atoms with E-state index in [2.05, 4.69) is 16.2 Å². The monoisotopic (exact) mass is 303 g/mol. The SMILES string of the molecule is CCNC(=S)NNC(=O)COc1ccc2ccccc2c1. The van der Waals surface area contributed by atoms with E-state index in [1.165, 1.54) is 0 Å². The summed E-state index contributed by atoms with van der Waals surface area (Å²) >= 11 is 4.92. The summed E-state index contributed by atoms with van der Waals surface area (Å²) in [5.41, 5.74) is 5.05. The smallest absolute Gasteiger partial charge is 0.276 e. The number of benzene rings is 2. The lowest BCUT2D eigenvalue weighted by molar-refractivity contribution is -0.123. The van der Waals surface area contributed by atoms with Crippen LogP contribution in [0, 0.1) is 0 Å². The van der Waals surface area contributed by atoms with Crippen molar-refractivity contribution >= 4 is 34.0 Å². The number of hydrogen-bond donors (Lipinski definition) is 3. The molecule has 0 unspecified atom stereocenters. The Labute approximate surface area is 128 Å². The number of hydrazine groups is 1. The molecule has 0 aliphatic heterocycles. The number of ether oxygens (including phenoxy) is 1. The number of thiocarbonyl (C=S) groups is 1. The fourth-order valence-corrected chi connectivity index (χ4v) is 1.97. The van der Waals surface area contributed by atoms with E-state index in [0.717, 1.165) is 10.8 Å². The second-order valence-corrected chi connectivity index (χ2v) is 4.74. The van der Waals surface area contributed by atoms with Gasteiger partial charge >= 0.3 is 0 Å². The first-order chi connectivity index (χ1) is 10.2. The number of carbonyl (C=O) groups is 1. The Kier molecular flexibility index (Phi) is 5.34. The molecule has 0 spiro atoms. The van der Waals surface area contributed by atoms with Gasteiger partial charge in [0, 0.05) is 6.54 Å². The van der Waals surface area contributed by atoms with E-state index in [4.69, 9.17) is 17.0 Å². The molecular formula is C15H17N3O2S. The van der Waals surface area contributed by atoms with Crippen molar-refractivity contribution in [2.45, 2.75) is 6.92 Å². The Bertz CT molecular complexity index is 646. The highest BCUT2D eigenvalue weighted by atomic mass is 32.1. The fourth-order valence-electron chi connectivity index (χ4n) is 1.77. The molecule has 110 valence electrons. The number of nitrogens with one attached hydrogen (secondary N) is 3. The van der Waals surface area contributed by atoms with Gasteiger partial charge in [0.2, 0.25) is 0 Å². The standard InChI is InChI=1S/C15H17N3O2S/c1-2-16-15(21)18-17-14(19)10-20-13-8-7-11-5-3-4-6-12(11)9-13/h3-9H,2,10H2,1H3,(H,17,19)(H2,16,18,21). The van der Waals surface area contributed by atoms with E-state index in [9.17, 15) is 4.79 Å². The second kappa shape index (κ2) is 7.44. The van der Waals surface area contributed by atoms with Crippen molar-refractivity contribution in [2.75, 3.05) is 13.2 Å². The second-order valence-electron chi connectivity index (χ2n) is 4.33. The van der Waals surface area contributed by atoms with Crippen LogP contribution in [0.5, 0.6) is 5.75 Å². The summed E-state index contributed by atoms with van der Waals surface area (Å²) in [5.74, 6) is 0.349. The van der Waals surface area contributed by atoms with Crippen LogP contribution in [0.2, 0.25) is 0 Å². The molecule has 0 saturated heterocycles. The van der Waals surface area contributed by atoms with Gasteiger partial charge in [-0.1, -0.05) is 30.3 Å². The summed E-state index contributed by atoms with van der Waals surface area (Å²) in [6.45, 7) is 2.52. The van der Waals surface area contributed by atoms with Crippen LogP contribution < -0.4 is 20.9 Å². The maximum absolute atomic E-state index is 11.6. The van der Waals surface area contributed by atoms with E-state index in [1.807, 2.05) is 49.4 Å². The van der Waals surface area contributed by atoms with Crippen molar-refractivity contribution in [3.05, 3.63) is 42.5 Å². The van der Waals surface area contributed by atoms with Crippen molar-refractivity contribution in [3.63, 3.8) is 0 Å². The summed E-state index contributed by atoms with van der Waals surface area (Å²) in [6.07, 6.45) is 0. The van der Waals surface area contributed by atoms with Gasteiger partial charge < -0.3 is 10.1 Å². The first-order valence-corrected chi connectivity index (χ1v) is 7.04. The third-order valence-corrected chi connectivity index (χ3v) is 2.99. The van der Waals surface area contributed by atoms with Gasteiger partial charge in [-0.25, -0.2) is 0 Å². The van der Waals surface area contributed by atoms with Gasteiger partial charge in [-0.15, -0.1) is 0 Å². The predicted octanol–water partition coefficient (Wildman–Crippen LogP) is 1.73. The van der Waals surface area contributed by atoms with Crippen molar-refractivity contribution < 1.29 is 9.53 Å². The highest BCUT2D eigenvalue weighted by Crippen LogP contribution is 2.20. The van der Waals surface area contributed by atoms with E-state index in [-0.39, 0.29) is 12.5 Å². The van der Waals surface area contributed by atoms with Crippen LogP contribution in [0.25, 0.3) is 10.8 Å². The quantitative estimate of drug-likeness (QED) is 0.593. The van der Waals surface area contributed by atoms with Gasteiger partial charge in [-0.3, -0.25) is 15.6 Å². The molecule has 2 aromatic rings. The minimum atomic E-state index is -0.302. The Balaban J connectivity index is 1.83. The fraction of sp³-hybridized carbons (Fsp3) is 0.200. The molecule has 0 aliphatic carbocycles. The lowest BCUT2D eigenvalue weighted by Crippen LogP contribution is -2.48. The van der Waals surface area contributed by atoms with E-state index >= 15 is 0 Å². The normalized spacial score (nSPS) is 9.95. The molecule has 0 saturated carbocycles. The molecule has 0 heterocycles. The number of hydrogen-bond acceptors (Lipinski definition) is 3. The molecule has 3 N–H and O–H groups in total. The van der Waals surface area contributed by atoms with Crippen LogP contribution in [0.4, 0.5) is 0 Å². The molecule has 5 nitrogen and oxygen atoms in total. The molecule has 1 amide bonds. The van der Waals surface area contributed by atoms with Crippen LogP contribution in [0.15, 0.2) is 42.5 Å². The lowest BCUT2D eigenvalue weighted by atomic mass is 10.1. The molecule has 2 aromatic carbocycles. The molecule has 0 radical (unpaired) electrons. The molecule has 0 atom stereocenters. The first kappa shape index (κ1) is 15.1. The maximum Gasteiger partial charge on any atom is 0.276 e. The van der Waals surface area contributed by atoms with Crippen LogP contribution in [-0.2, 0) is 4.79 Å². The van der Waals surface area contributed by atoms with Crippen molar-refractivity contribution in [1.29, 1.82) is 0 Å². The maximum atomic E-state index is 11.6. The predicted molar refractivity (Wildman–Crippen MR) is 87.0 cm³/mol. The average molecular weight is 303 g/mol. The molecule has 0 bridgehead atoms. The molecule has 2 rings (SSSR count). The van der Waals surface area contributed by atoms with Crippen LogP contribution in [-0.4, -0.2) is 24.2 Å². The van der Waals surface area contributed by atoms with Crippen molar-refractivity contribution in [3.8, 4) is 5.75 Å². The molecule has 21 heavy (non-hydrogen) atoms. The van der Waals surface area contributed by atoms with Gasteiger partial charge in [0.15, 0.2) is 11.7 Å². The number of fused-ring (bicyclic) bond motifs is 1. The van der Waals surface area contributed by atoms with Crippen molar-refractivity contribution in [1.82, 2.24) is 16.2 Å². The molecular weight excluding hydrogens is 286 g/mol. The van der Waals surface area contributed by atoms with Crippen molar-refractivity contribution in [2.24, 2.45) is 0 Å². The summed E-state index contributed by atoms with van der Waals surface area (Å²) < 4.78 is 5.45. The molecule has 6 heteroatoms. The summed E-state index contributed by atoms with van der Waals surface area (Å²) in [4.78, 5) is 11.6. The van der Waals surface area contributed by atoms with Crippen LogP contribution in [0.1, 0.15) is 6.92 Å². The number of rotatable bonds is 4. The zero-order valence-electron chi connectivity index (χ0n) is 11.7. The van der Waals surface area contributed by atoms with E-state index in [1.54, 1.807) is 0 Å². The zero-order valence-corrected chi connectivity index (χ0v) is 12.5. The van der Waals surface area contributed by atoms with Gasteiger partial charge in [-0.05, 0) is 42.0 Å². The highest BCUT2D eigenvalue weighted by Gasteiger charge is 2.03. The summed E-state index contributed by atoms with van der Waals surface area (Å²) in [7, 11) is 0. The van der Waals surface area contributed by atoms with Crippen LogP contribution in [0.3, 0.4) is 0 Å². The number of amides is 1. The highest BCUT2D eigenvalue weighted by molar-refractivity contribution is 7.80. The average Bonchev–Trinajstić information content (AvgIpc) is 2.51. The summed E-state index contributed by atoms with van der Waals surface area (Å²) in [6, 6.07) is 13.7. The van der Waals surface area contributed by atoms with E-state index in [0.29, 0.717) is 17.4 Å². The third kappa shape index (κ3) is 4.61.